The second-order valence-electron chi connectivity index (χ2n) is 7.23. The topological polar surface area (TPSA) is 109 Å². The monoisotopic (exact) mass is 459 g/mol. The van der Waals surface area contributed by atoms with E-state index in [-0.39, 0.29) is 23.3 Å². The summed E-state index contributed by atoms with van der Waals surface area (Å²) >= 11 is 0. The molecule has 8 nitrogen and oxygen atoms in total. The minimum Gasteiger partial charge on any atom is -0.489 e. The van der Waals surface area contributed by atoms with Crippen LogP contribution >= 0.6 is 0 Å². The predicted octanol–water partition coefficient (Wildman–Crippen LogP) is 3.59. The van der Waals surface area contributed by atoms with Crippen molar-refractivity contribution in [3.8, 4) is 17.6 Å². The quantitative estimate of drug-likeness (QED) is 0.550. The summed E-state index contributed by atoms with van der Waals surface area (Å²) in [5, 5.41) is 11.4. The van der Waals surface area contributed by atoms with Crippen LogP contribution in [0.2, 0.25) is 0 Å². The van der Waals surface area contributed by atoms with E-state index in [0.717, 1.165) is 5.56 Å². The summed E-state index contributed by atoms with van der Waals surface area (Å²) in [6.07, 6.45) is 0.130. The molecule has 0 saturated carbocycles. The highest BCUT2D eigenvalue weighted by Gasteiger charge is 2.23. The second-order valence-corrected chi connectivity index (χ2v) is 9.17. The zero-order valence-corrected chi connectivity index (χ0v) is 19.6. The molecule has 9 heteroatoms. The van der Waals surface area contributed by atoms with E-state index < -0.39 is 15.9 Å². The number of hydrogen-bond donors (Lipinski definition) is 1. The normalized spacial score (nSPS) is 11.3. The molecule has 0 bridgehead atoms. The Kier molecular flexibility index (Phi) is 9.05. The van der Waals surface area contributed by atoms with Crippen molar-refractivity contribution in [3.05, 3.63) is 48.0 Å². The number of anilines is 1. The van der Waals surface area contributed by atoms with Crippen LogP contribution in [-0.2, 0) is 21.2 Å². The molecule has 2 aromatic rings. The molecule has 1 N–H and O–H groups in total. The summed E-state index contributed by atoms with van der Waals surface area (Å²) in [5.41, 5.74) is 1.11. The van der Waals surface area contributed by atoms with Gasteiger partial charge in [-0.1, -0.05) is 26.0 Å². The molecule has 0 radical (unpaired) electrons. The van der Waals surface area contributed by atoms with Crippen LogP contribution in [0.3, 0.4) is 0 Å². The van der Waals surface area contributed by atoms with Gasteiger partial charge in [0.2, 0.25) is 10.0 Å². The maximum atomic E-state index is 12.9. The van der Waals surface area contributed by atoms with Gasteiger partial charge in [-0.05, 0) is 49.7 Å². The van der Waals surface area contributed by atoms with Crippen molar-refractivity contribution in [1.29, 1.82) is 5.26 Å². The average molecular weight is 460 g/mol. The molecule has 2 rings (SSSR count). The minimum absolute atomic E-state index is 0.0709. The Hall–Kier alpha value is -3.09. The SMILES string of the molecule is CCN(CC)S(=O)(=O)c1ccc(OC(C)C)c(NC(=O)COc2ccc(CC#N)cc2)c1. The summed E-state index contributed by atoms with van der Waals surface area (Å²) in [5.74, 6) is 0.392. The molecule has 32 heavy (non-hydrogen) atoms. The van der Waals surface area contributed by atoms with Crippen LogP contribution in [0, 0.1) is 11.3 Å². The smallest absolute Gasteiger partial charge is 0.262 e. The first kappa shape index (κ1) is 25.2. The fourth-order valence-electron chi connectivity index (χ4n) is 2.97. The van der Waals surface area contributed by atoms with Gasteiger partial charge in [-0.2, -0.15) is 9.57 Å². The number of nitrogens with one attached hydrogen (secondary N) is 1. The molecule has 2 aromatic carbocycles. The third-order valence-corrected chi connectivity index (χ3v) is 6.55. The zero-order valence-electron chi connectivity index (χ0n) is 18.8. The van der Waals surface area contributed by atoms with E-state index in [1.165, 1.54) is 16.4 Å². The molecule has 0 saturated heterocycles. The van der Waals surface area contributed by atoms with Crippen molar-refractivity contribution in [2.75, 3.05) is 25.0 Å². The fourth-order valence-corrected chi connectivity index (χ4v) is 4.45. The van der Waals surface area contributed by atoms with Gasteiger partial charge < -0.3 is 14.8 Å². The molecular weight excluding hydrogens is 430 g/mol. The van der Waals surface area contributed by atoms with Crippen molar-refractivity contribution in [1.82, 2.24) is 4.31 Å². The maximum Gasteiger partial charge on any atom is 0.262 e. The lowest BCUT2D eigenvalue weighted by Crippen LogP contribution is -2.30. The molecule has 172 valence electrons. The lowest BCUT2D eigenvalue weighted by atomic mass is 10.2. The minimum atomic E-state index is -3.70. The molecule has 1 amide bonds. The lowest BCUT2D eigenvalue weighted by Gasteiger charge is -2.20. The third-order valence-electron chi connectivity index (χ3n) is 4.51. The molecule has 0 fully saturated rings. The average Bonchev–Trinajstić information content (AvgIpc) is 2.75. The van der Waals surface area contributed by atoms with Gasteiger partial charge in [0.25, 0.3) is 5.91 Å². The molecule has 0 atom stereocenters. The van der Waals surface area contributed by atoms with Gasteiger partial charge in [-0.3, -0.25) is 4.79 Å². The predicted molar refractivity (Wildman–Crippen MR) is 122 cm³/mol. The first-order valence-electron chi connectivity index (χ1n) is 10.4. The van der Waals surface area contributed by atoms with Crippen LogP contribution in [0.4, 0.5) is 5.69 Å². The highest BCUT2D eigenvalue weighted by Crippen LogP contribution is 2.30. The van der Waals surface area contributed by atoms with Gasteiger partial charge in [0.15, 0.2) is 6.61 Å². The first-order valence-corrected chi connectivity index (χ1v) is 11.8. The van der Waals surface area contributed by atoms with Gasteiger partial charge in [-0.25, -0.2) is 8.42 Å². The number of ether oxygens (including phenoxy) is 2. The van der Waals surface area contributed by atoms with Crippen LogP contribution in [0.15, 0.2) is 47.4 Å². The summed E-state index contributed by atoms with van der Waals surface area (Å²) in [7, 11) is -3.70. The molecule has 0 unspecified atom stereocenters. The van der Waals surface area contributed by atoms with E-state index in [2.05, 4.69) is 11.4 Å². The van der Waals surface area contributed by atoms with Gasteiger partial charge in [0.05, 0.1) is 29.2 Å². The number of hydrogen-bond acceptors (Lipinski definition) is 6. The van der Waals surface area contributed by atoms with E-state index in [0.29, 0.717) is 31.0 Å². The van der Waals surface area contributed by atoms with Crippen molar-refractivity contribution in [2.45, 2.75) is 45.1 Å². The molecule has 0 aliphatic carbocycles. The van der Waals surface area contributed by atoms with E-state index in [9.17, 15) is 13.2 Å². The maximum absolute atomic E-state index is 12.9. The van der Waals surface area contributed by atoms with E-state index in [1.54, 1.807) is 44.2 Å². The number of nitriles is 1. The molecule has 0 aromatic heterocycles. The number of benzene rings is 2. The van der Waals surface area contributed by atoms with Crippen molar-refractivity contribution in [3.63, 3.8) is 0 Å². The van der Waals surface area contributed by atoms with Crippen molar-refractivity contribution in [2.24, 2.45) is 0 Å². The summed E-state index contributed by atoms with van der Waals surface area (Å²) in [6.45, 7) is 7.62. The van der Waals surface area contributed by atoms with E-state index >= 15 is 0 Å². The fraction of sp³-hybridized carbons (Fsp3) is 0.391. The van der Waals surface area contributed by atoms with Crippen LogP contribution in [0.25, 0.3) is 0 Å². The Bertz CT molecular complexity index is 1060. The van der Waals surface area contributed by atoms with Crippen LogP contribution < -0.4 is 14.8 Å². The Labute approximate surface area is 189 Å². The Morgan fingerprint density at radius 2 is 1.78 bits per heavy atom. The largest absolute Gasteiger partial charge is 0.489 e. The van der Waals surface area contributed by atoms with E-state index in [1.807, 2.05) is 13.8 Å². The number of nitrogens with zero attached hydrogens (tertiary/aromatic N) is 2. The Morgan fingerprint density at radius 3 is 2.34 bits per heavy atom. The van der Waals surface area contributed by atoms with Crippen LogP contribution in [0.5, 0.6) is 11.5 Å². The molecule has 0 aliphatic heterocycles. The molecule has 0 spiro atoms. The molecular formula is C23H29N3O5S. The van der Waals surface area contributed by atoms with Crippen molar-refractivity contribution < 1.29 is 22.7 Å². The number of carbonyl (C=O) groups excluding carboxylic acids is 1. The molecule has 0 aliphatic rings. The number of amides is 1. The van der Waals surface area contributed by atoms with Gasteiger partial charge in [0, 0.05) is 13.1 Å². The van der Waals surface area contributed by atoms with Gasteiger partial charge in [-0.15, -0.1) is 0 Å². The number of sulfonamides is 1. The number of rotatable bonds is 11. The summed E-state index contributed by atoms with van der Waals surface area (Å²) in [4.78, 5) is 12.6. The van der Waals surface area contributed by atoms with Crippen LogP contribution in [-0.4, -0.2) is 44.4 Å². The van der Waals surface area contributed by atoms with E-state index in [4.69, 9.17) is 14.7 Å². The highest BCUT2D eigenvalue weighted by atomic mass is 32.2. The van der Waals surface area contributed by atoms with Gasteiger partial charge in [0.1, 0.15) is 11.5 Å². The number of carbonyl (C=O) groups is 1. The first-order chi connectivity index (χ1) is 15.2. The second kappa shape index (κ2) is 11.5. The highest BCUT2D eigenvalue weighted by molar-refractivity contribution is 7.89. The third kappa shape index (κ3) is 6.70. The zero-order chi connectivity index (χ0) is 23.7. The summed E-state index contributed by atoms with van der Waals surface area (Å²) < 4.78 is 38.3. The van der Waals surface area contributed by atoms with Crippen LogP contribution in [0.1, 0.15) is 33.3 Å². The van der Waals surface area contributed by atoms with Gasteiger partial charge >= 0.3 is 0 Å². The van der Waals surface area contributed by atoms with Crippen molar-refractivity contribution >= 4 is 21.6 Å². The lowest BCUT2D eigenvalue weighted by molar-refractivity contribution is -0.118. The standard InChI is InChI=1S/C23H29N3O5S/c1-5-26(6-2)32(28,29)20-11-12-22(31-17(3)4)21(15-20)25-23(27)16-30-19-9-7-18(8-10-19)13-14-24/h7-12,15,17H,5-6,13,16H2,1-4H3,(H,25,27). The molecule has 0 heterocycles. The summed E-state index contributed by atoms with van der Waals surface area (Å²) in [6, 6.07) is 13.4. The Morgan fingerprint density at radius 1 is 1.12 bits per heavy atom. The Balaban J connectivity index is 2.19.